The summed E-state index contributed by atoms with van der Waals surface area (Å²) in [5, 5.41) is 8.55. The summed E-state index contributed by atoms with van der Waals surface area (Å²) in [4.78, 5) is 23.7. The molecule has 0 atom stereocenters. The predicted molar refractivity (Wildman–Crippen MR) is 29.2 cm³/mol. The number of amides is 1. The van der Waals surface area contributed by atoms with Crippen LogP contribution in [0, 0.1) is 0 Å². The lowest BCUT2D eigenvalue weighted by atomic mass is 10.2. The van der Waals surface area contributed by atoms with Gasteiger partial charge in [0.15, 0.2) is 5.76 Å². The Balaban J connectivity index is 3.00. The van der Waals surface area contributed by atoms with Crippen molar-refractivity contribution in [1.82, 2.24) is 0 Å². The van der Waals surface area contributed by atoms with Crippen molar-refractivity contribution in [3.8, 4) is 0 Å². The van der Waals surface area contributed by atoms with Crippen molar-refractivity contribution in [3.05, 3.63) is 11.8 Å². The normalized spacial score (nSPS) is 18.0. The molecular weight excluding hydrogens is 122 g/mol. The second-order valence-corrected chi connectivity index (χ2v) is 1.46. The molecule has 4 heteroatoms. The van der Waals surface area contributed by atoms with Gasteiger partial charge in [0.25, 0.3) is 5.78 Å². The van der Waals surface area contributed by atoms with E-state index in [0.29, 0.717) is 0 Å². The summed E-state index contributed by atoms with van der Waals surface area (Å²) in [6, 6.07) is 0. The first-order valence-corrected chi connectivity index (χ1v) is 2.24. The summed E-state index contributed by atoms with van der Waals surface area (Å²) in [6.07, 6.45) is 2.16. The Morgan fingerprint density at radius 2 is 2.11 bits per heavy atom. The number of aliphatic hydroxyl groups is 1. The molecule has 1 aliphatic rings. The number of carbonyl (C=O) groups is 2. The minimum Gasteiger partial charge on any atom is -0.504 e. The van der Waals surface area contributed by atoms with Crippen LogP contribution in [0.25, 0.3) is 0 Å². The molecule has 0 bridgehead atoms. The lowest BCUT2D eigenvalue weighted by Gasteiger charge is -1.95. The smallest absolute Gasteiger partial charge is 0.321 e. The Kier molecular flexibility index (Phi) is 1.14. The van der Waals surface area contributed by atoms with Crippen LogP contribution in [0.1, 0.15) is 0 Å². The number of allylic oxidation sites excluding steroid dienone is 1. The van der Waals surface area contributed by atoms with E-state index in [4.69, 9.17) is 5.11 Å². The topological polar surface area (TPSA) is 66.7 Å². The number of hydrogen-bond acceptors (Lipinski definition) is 3. The van der Waals surface area contributed by atoms with Gasteiger partial charge in [-0.05, 0) is 0 Å². The van der Waals surface area contributed by atoms with Gasteiger partial charge in [0, 0.05) is 12.3 Å². The summed E-state index contributed by atoms with van der Waals surface area (Å²) in [6.45, 7) is 0. The van der Waals surface area contributed by atoms with Gasteiger partial charge in [-0.3, -0.25) is 9.59 Å². The molecule has 1 heterocycles. The van der Waals surface area contributed by atoms with Crippen LogP contribution in [0.5, 0.6) is 0 Å². The van der Waals surface area contributed by atoms with Crippen LogP contribution in [0.2, 0.25) is 0 Å². The first-order chi connectivity index (χ1) is 4.22. The van der Waals surface area contributed by atoms with Crippen molar-refractivity contribution in [3.63, 3.8) is 0 Å². The van der Waals surface area contributed by atoms with Gasteiger partial charge in [0.05, 0.1) is 0 Å². The summed E-state index contributed by atoms with van der Waals surface area (Å²) in [5.41, 5.74) is 0. The second kappa shape index (κ2) is 1.81. The van der Waals surface area contributed by atoms with Crippen molar-refractivity contribution in [2.24, 2.45) is 4.99 Å². The Hall–Kier alpha value is -1.45. The highest BCUT2D eigenvalue weighted by molar-refractivity contribution is 6.45. The first kappa shape index (κ1) is 5.68. The fourth-order valence-corrected chi connectivity index (χ4v) is 0.419. The fraction of sp³-hybridized carbons (Fsp3) is 0. The molecule has 0 fully saturated rings. The van der Waals surface area contributed by atoms with E-state index in [1.807, 2.05) is 0 Å². The van der Waals surface area contributed by atoms with E-state index in [0.717, 1.165) is 12.3 Å². The zero-order valence-corrected chi connectivity index (χ0v) is 4.37. The lowest BCUT2D eigenvalue weighted by molar-refractivity contribution is -0.135. The van der Waals surface area contributed by atoms with E-state index < -0.39 is 17.4 Å². The van der Waals surface area contributed by atoms with Crippen molar-refractivity contribution >= 4 is 17.9 Å². The standard InChI is InChI=1S/C5H3NO3/c7-3-1-2-6-5(9)4(3)8/h1-2,7H. The Labute approximate surface area is 50.5 Å². The molecule has 0 radical (unpaired) electrons. The maximum atomic E-state index is 10.3. The van der Waals surface area contributed by atoms with Crippen LogP contribution in [-0.2, 0) is 9.59 Å². The third-order valence-corrected chi connectivity index (χ3v) is 0.851. The molecule has 0 aliphatic carbocycles. The number of rotatable bonds is 0. The Morgan fingerprint density at radius 1 is 1.44 bits per heavy atom. The van der Waals surface area contributed by atoms with Crippen molar-refractivity contribution < 1.29 is 14.7 Å². The molecule has 0 saturated carbocycles. The van der Waals surface area contributed by atoms with Gasteiger partial charge >= 0.3 is 5.91 Å². The molecule has 0 unspecified atom stereocenters. The van der Waals surface area contributed by atoms with Gasteiger partial charge in [-0.15, -0.1) is 0 Å². The van der Waals surface area contributed by atoms with Crippen LogP contribution in [0.3, 0.4) is 0 Å². The number of hydrogen-bond donors (Lipinski definition) is 1. The highest BCUT2D eigenvalue weighted by atomic mass is 16.3. The average molecular weight is 125 g/mol. The van der Waals surface area contributed by atoms with Crippen molar-refractivity contribution in [2.75, 3.05) is 0 Å². The molecule has 0 aromatic rings. The van der Waals surface area contributed by atoms with Crippen LogP contribution in [-0.4, -0.2) is 23.0 Å². The molecular formula is C5H3NO3. The molecule has 1 N–H and O–H groups in total. The maximum absolute atomic E-state index is 10.3. The monoisotopic (exact) mass is 125 g/mol. The Morgan fingerprint density at radius 3 is 2.56 bits per heavy atom. The summed E-state index contributed by atoms with van der Waals surface area (Å²) in [7, 11) is 0. The molecule has 4 nitrogen and oxygen atoms in total. The molecule has 0 aromatic heterocycles. The Bertz CT molecular complexity index is 226. The number of nitrogens with zero attached hydrogens (tertiary/aromatic N) is 1. The molecule has 0 aromatic carbocycles. The minimum atomic E-state index is -0.947. The van der Waals surface area contributed by atoms with Crippen LogP contribution >= 0.6 is 0 Å². The van der Waals surface area contributed by atoms with Gasteiger partial charge in [-0.25, -0.2) is 4.99 Å². The summed E-state index contributed by atoms with van der Waals surface area (Å²) >= 11 is 0. The third kappa shape index (κ3) is 0.861. The molecule has 9 heavy (non-hydrogen) atoms. The van der Waals surface area contributed by atoms with Gasteiger partial charge < -0.3 is 5.11 Å². The number of Topliss-reactive ketones (excluding diaryl/α,β-unsaturated/α-hetero) is 1. The number of ketones is 1. The quantitative estimate of drug-likeness (QED) is 0.448. The molecule has 0 saturated heterocycles. The molecule has 1 rings (SSSR count). The van der Waals surface area contributed by atoms with Gasteiger partial charge in [-0.2, -0.15) is 0 Å². The van der Waals surface area contributed by atoms with E-state index in [9.17, 15) is 9.59 Å². The SMILES string of the molecule is O=C1N=CC=C(O)C1=O. The fourth-order valence-electron chi connectivity index (χ4n) is 0.419. The number of dihydropyridines is 1. The van der Waals surface area contributed by atoms with Crippen LogP contribution in [0.4, 0.5) is 0 Å². The number of aliphatic imine (C=N–C) groups is 1. The number of aliphatic hydroxyl groups excluding tert-OH is 1. The number of carbonyl (C=O) groups excluding carboxylic acids is 2. The van der Waals surface area contributed by atoms with Crippen molar-refractivity contribution in [2.45, 2.75) is 0 Å². The van der Waals surface area contributed by atoms with Gasteiger partial charge in [0.2, 0.25) is 0 Å². The van der Waals surface area contributed by atoms with E-state index in [2.05, 4.69) is 4.99 Å². The minimum absolute atomic E-state index is 0.546. The largest absolute Gasteiger partial charge is 0.504 e. The van der Waals surface area contributed by atoms with E-state index in [1.54, 1.807) is 0 Å². The predicted octanol–water partition coefficient (Wildman–Crippen LogP) is -0.392. The van der Waals surface area contributed by atoms with E-state index in [-0.39, 0.29) is 0 Å². The van der Waals surface area contributed by atoms with Gasteiger partial charge in [0.1, 0.15) is 0 Å². The zero-order valence-electron chi connectivity index (χ0n) is 4.37. The molecule has 46 valence electrons. The van der Waals surface area contributed by atoms with Crippen LogP contribution in [0.15, 0.2) is 16.8 Å². The molecule has 1 amide bonds. The van der Waals surface area contributed by atoms with Crippen molar-refractivity contribution in [1.29, 1.82) is 0 Å². The first-order valence-electron chi connectivity index (χ1n) is 2.24. The second-order valence-electron chi connectivity index (χ2n) is 1.46. The van der Waals surface area contributed by atoms with E-state index in [1.165, 1.54) is 0 Å². The zero-order chi connectivity index (χ0) is 6.85. The average Bonchev–Trinajstić information content (AvgIpc) is 1.83. The molecule has 0 spiro atoms. The summed E-state index contributed by atoms with van der Waals surface area (Å²) in [5.74, 6) is -2.41. The maximum Gasteiger partial charge on any atom is 0.321 e. The highest BCUT2D eigenvalue weighted by Gasteiger charge is 2.18. The third-order valence-electron chi connectivity index (χ3n) is 0.851. The van der Waals surface area contributed by atoms with Crippen LogP contribution < -0.4 is 0 Å². The lowest BCUT2D eigenvalue weighted by Crippen LogP contribution is -2.16. The van der Waals surface area contributed by atoms with E-state index >= 15 is 0 Å². The molecule has 1 aliphatic heterocycles. The summed E-state index contributed by atoms with van der Waals surface area (Å²) < 4.78 is 0. The highest BCUT2D eigenvalue weighted by Crippen LogP contribution is 1.96. The van der Waals surface area contributed by atoms with Gasteiger partial charge in [-0.1, -0.05) is 0 Å².